The summed E-state index contributed by atoms with van der Waals surface area (Å²) in [4.78, 5) is 11.9. The lowest BCUT2D eigenvalue weighted by Crippen LogP contribution is -2.22. The van der Waals surface area contributed by atoms with Crippen molar-refractivity contribution in [2.24, 2.45) is 0 Å². The quantitative estimate of drug-likeness (QED) is 0.355. The third-order valence-electron chi connectivity index (χ3n) is 3.15. The SMILES string of the molecule is C=Cc1ccc(C(=O)OCCCC[SiH](OCC)OCC)cc1. The van der Waals surface area contributed by atoms with E-state index >= 15 is 0 Å². The normalized spacial score (nSPS) is 10.7. The number of unbranched alkanes of at least 4 members (excludes halogenated alkanes) is 1. The molecule has 5 heteroatoms. The predicted molar refractivity (Wildman–Crippen MR) is 91.3 cm³/mol. The van der Waals surface area contributed by atoms with E-state index in [4.69, 9.17) is 13.6 Å². The highest BCUT2D eigenvalue weighted by Gasteiger charge is 2.12. The van der Waals surface area contributed by atoms with Gasteiger partial charge in [-0.3, -0.25) is 0 Å². The molecule has 122 valence electrons. The molecule has 0 saturated carbocycles. The highest BCUT2D eigenvalue weighted by Crippen LogP contribution is 2.09. The van der Waals surface area contributed by atoms with Crippen LogP contribution in [0.1, 0.15) is 42.6 Å². The van der Waals surface area contributed by atoms with E-state index in [-0.39, 0.29) is 5.97 Å². The lowest BCUT2D eigenvalue weighted by molar-refractivity contribution is 0.0499. The molecule has 1 aromatic carbocycles. The van der Waals surface area contributed by atoms with Crippen molar-refractivity contribution in [3.8, 4) is 0 Å². The number of ether oxygens (including phenoxy) is 1. The van der Waals surface area contributed by atoms with Gasteiger partial charge < -0.3 is 13.6 Å². The number of esters is 1. The lowest BCUT2D eigenvalue weighted by atomic mass is 10.1. The number of hydrogen-bond acceptors (Lipinski definition) is 4. The third-order valence-corrected chi connectivity index (χ3v) is 5.44. The van der Waals surface area contributed by atoms with E-state index in [1.54, 1.807) is 18.2 Å². The van der Waals surface area contributed by atoms with Gasteiger partial charge >= 0.3 is 15.3 Å². The molecule has 0 aliphatic heterocycles. The van der Waals surface area contributed by atoms with Crippen LogP contribution in [0.3, 0.4) is 0 Å². The van der Waals surface area contributed by atoms with Crippen LogP contribution in [0.5, 0.6) is 0 Å². The maximum Gasteiger partial charge on any atom is 0.338 e. The largest absolute Gasteiger partial charge is 0.462 e. The maximum atomic E-state index is 11.9. The van der Waals surface area contributed by atoms with Crippen LogP contribution in [0.2, 0.25) is 6.04 Å². The second-order valence-corrected chi connectivity index (χ2v) is 6.90. The molecule has 0 unspecified atom stereocenters. The average molecular weight is 322 g/mol. The van der Waals surface area contributed by atoms with Crippen LogP contribution < -0.4 is 0 Å². The molecule has 1 aromatic rings. The zero-order valence-electron chi connectivity index (χ0n) is 13.5. The van der Waals surface area contributed by atoms with Gasteiger partial charge in [0.2, 0.25) is 0 Å². The predicted octanol–water partition coefficient (Wildman–Crippen LogP) is 3.56. The lowest BCUT2D eigenvalue weighted by Gasteiger charge is -2.14. The summed E-state index contributed by atoms with van der Waals surface area (Å²) in [5, 5.41) is 0. The minimum atomic E-state index is -1.52. The minimum Gasteiger partial charge on any atom is -0.462 e. The van der Waals surface area contributed by atoms with Gasteiger partial charge in [-0.2, -0.15) is 0 Å². The Balaban J connectivity index is 2.22. The smallest absolute Gasteiger partial charge is 0.338 e. The van der Waals surface area contributed by atoms with Gasteiger partial charge in [0, 0.05) is 13.2 Å². The average Bonchev–Trinajstić information content (AvgIpc) is 2.54. The van der Waals surface area contributed by atoms with Crippen molar-refractivity contribution in [3.63, 3.8) is 0 Å². The molecule has 0 heterocycles. The van der Waals surface area contributed by atoms with Crippen molar-refractivity contribution < 1.29 is 18.4 Å². The van der Waals surface area contributed by atoms with Gasteiger partial charge in [-0.1, -0.05) is 24.8 Å². The summed E-state index contributed by atoms with van der Waals surface area (Å²) < 4.78 is 16.5. The summed E-state index contributed by atoms with van der Waals surface area (Å²) in [6, 6.07) is 8.17. The molecule has 0 spiro atoms. The van der Waals surface area contributed by atoms with Crippen molar-refractivity contribution in [2.75, 3.05) is 19.8 Å². The summed E-state index contributed by atoms with van der Waals surface area (Å²) in [5.74, 6) is -0.279. The zero-order chi connectivity index (χ0) is 16.2. The Morgan fingerprint density at radius 3 is 2.32 bits per heavy atom. The first-order chi connectivity index (χ1) is 10.7. The molecule has 0 bridgehead atoms. The summed E-state index contributed by atoms with van der Waals surface area (Å²) in [5.41, 5.74) is 1.56. The molecule has 0 atom stereocenters. The highest BCUT2D eigenvalue weighted by molar-refractivity contribution is 6.44. The number of rotatable bonds is 11. The Morgan fingerprint density at radius 1 is 1.14 bits per heavy atom. The van der Waals surface area contributed by atoms with Crippen LogP contribution >= 0.6 is 0 Å². The van der Waals surface area contributed by atoms with Crippen molar-refractivity contribution in [3.05, 3.63) is 42.0 Å². The standard InChI is InChI=1S/C17H26O4Si/c1-4-15-9-11-16(12-10-15)17(18)19-13-7-8-14-22(20-5-2)21-6-3/h4,9-12,22H,1,5-8,13-14H2,2-3H3. The van der Waals surface area contributed by atoms with Crippen LogP contribution in [0.4, 0.5) is 0 Å². The van der Waals surface area contributed by atoms with Crippen LogP contribution in [0, 0.1) is 0 Å². The van der Waals surface area contributed by atoms with E-state index < -0.39 is 9.28 Å². The topological polar surface area (TPSA) is 44.8 Å². The van der Waals surface area contributed by atoms with E-state index in [1.807, 2.05) is 26.0 Å². The Bertz CT molecular complexity index is 438. The van der Waals surface area contributed by atoms with Gasteiger partial charge in [-0.05, 0) is 50.4 Å². The number of carbonyl (C=O) groups is 1. The Morgan fingerprint density at radius 2 is 1.77 bits per heavy atom. The number of carbonyl (C=O) groups excluding carboxylic acids is 1. The summed E-state index contributed by atoms with van der Waals surface area (Å²) >= 11 is 0. The van der Waals surface area contributed by atoms with Gasteiger partial charge in [0.05, 0.1) is 12.2 Å². The second kappa shape index (κ2) is 11.2. The van der Waals surface area contributed by atoms with E-state index in [2.05, 4.69) is 6.58 Å². The number of hydrogen-bond donors (Lipinski definition) is 0. The van der Waals surface area contributed by atoms with Crippen molar-refractivity contribution in [2.45, 2.75) is 32.7 Å². The Labute approximate surface area is 134 Å². The van der Waals surface area contributed by atoms with E-state index in [0.29, 0.717) is 25.4 Å². The highest BCUT2D eigenvalue weighted by atomic mass is 28.3. The summed E-state index contributed by atoms with van der Waals surface area (Å²) in [6.07, 6.45) is 3.53. The first-order valence-corrected chi connectivity index (χ1v) is 9.60. The molecular formula is C17H26O4Si. The fraction of sp³-hybridized carbons (Fsp3) is 0.471. The number of benzene rings is 1. The Kier molecular flexibility index (Phi) is 9.46. The molecule has 0 aromatic heterocycles. The minimum absolute atomic E-state index is 0.279. The molecule has 0 amide bonds. The van der Waals surface area contributed by atoms with Gasteiger partial charge in [-0.25, -0.2) is 4.79 Å². The van der Waals surface area contributed by atoms with Crippen LogP contribution in [-0.2, 0) is 13.6 Å². The molecule has 0 saturated heterocycles. The van der Waals surface area contributed by atoms with Crippen LogP contribution in [-0.4, -0.2) is 35.1 Å². The fourth-order valence-electron chi connectivity index (χ4n) is 2.00. The van der Waals surface area contributed by atoms with Gasteiger partial charge in [0.15, 0.2) is 0 Å². The van der Waals surface area contributed by atoms with Crippen LogP contribution in [0.25, 0.3) is 6.08 Å². The van der Waals surface area contributed by atoms with Crippen molar-refractivity contribution >= 4 is 21.3 Å². The molecule has 0 fully saturated rings. The van der Waals surface area contributed by atoms with Gasteiger partial charge in [-0.15, -0.1) is 0 Å². The fourth-order valence-corrected chi connectivity index (χ4v) is 3.80. The van der Waals surface area contributed by atoms with E-state index in [0.717, 1.165) is 24.4 Å². The molecule has 22 heavy (non-hydrogen) atoms. The summed E-state index contributed by atoms with van der Waals surface area (Å²) in [7, 11) is -1.52. The molecule has 0 N–H and O–H groups in total. The molecule has 4 nitrogen and oxygen atoms in total. The molecule has 0 aliphatic carbocycles. The monoisotopic (exact) mass is 322 g/mol. The third kappa shape index (κ3) is 7.02. The van der Waals surface area contributed by atoms with Crippen molar-refractivity contribution in [1.82, 2.24) is 0 Å². The van der Waals surface area contributed by atoms with Gasteiger partial charge in [0.25, 0.3) is 0 Å². The zero-order valence-corrected chi connectivity index (χ0v) is 14.7. The maximum absolute atomic E-state index is 11.9. The Hall–Kier alpha value is -1.43. The first-order valence-electron chi connectivity index (χ1n) is 7.84. The molecule has 0 aliphatic rings. The van der Waals surface area contributed by atoms with E-state index in [9.17, 15) is 4.79 Å². The van der Waals surface area contributed by atoms with Crippen molar-refractivity contribution in [1.29, 1.82) is 0 Å². The summed E-state index contributed by atoms with van der Waals surface area (Å²) in [6.45, 7) is 9.49. The van der Waals surface area contributed by atoms with E-state index in [1.165, 1.54) is 0 Å². The molecular weight excluding hydrogens is 296 g/mol. The van der Waals surface area contributed by atoms with Gasteiger partial charge in [0.1, 0.15) is 0 Å². The molecule has 0 radical (unpaired) electrons. The molecule has 1 rings (SSSR count). The first kappa shape index (κ1) is 18.6. The second-order valence-electron chi connectivity index (χ2n) is 4.80. The van der Waals surface area contributed by atoms with Crippen LogP contribution in [0.15, 0.2) is 30.8 Å².